The Balaban J connectivity index is 1.32. The molecule has 0 radical (unpaired) electrons. The van der Waals surface area contributed by atoms with Crippen LogP contribution in [0.5, 0.6) is 11.5 Å². The number of nitrogens with one attached hydrogen (secondary N) is 2. The van der Waals surface area contributed by atoms with Crippen LogP contribution in [0.3, 0.4) is 0 Å². The third kappa shape index (κ3) is 4.05. The molecule has 7 nitrogen and oxygen atoms in total. The van der Waals surface area contributed by atoms with Crippen molar-refractivity contribution in [2.45, 2.75) is 37.6 Å². The zero-order valence-electron chi connectivity index (χ0n) is 17.2. The van der Waals surface area contributed by atoms with E-state index in [1.807, 2.05) is 13.1 Å². The van der Waals surface area contributed by atoms with Crippen LogP contribution in [0.2, 0.25) is 0 Å². The lowest BCUT2D eigenvalue weighted by molar-refractivity contribution is -0.00834. The molecule has 2 heterocycles. The molecule has 3 aliphatic rings. The monoisotopic (exact) mass is 388 g/mol. The molecule has 0 atom stereocenters. The minimum Gasteiger partial charge on any atom is -0.454 e. The molecule has 0 unspecified atom stereocenters. The lowest BCUT2D eigenvalue weighted by Gasteiger charge is -2.41. The molecule has 1 aliphatic carbocycles. The van der Waals surface area contributed by atoms with E-state index < -0.39 is 0 Å². The number of benzene rings is 1. The zero-order chi connectivity index (χ0) is 19.6. The van der Waals surface area contributed by atoms with E-state index in [1.54, 1.807) is 0 Å². The van der Waals surface area contributed by atoms with E-state index in [-0.39, 0.29) is 11.0 Å². The van der Waals surface area contributed by atoms with Crippen LogP contribution in [0.25, 0.3) is 0 Å². The predicted octanol–water partition coefficient (Wildman–Crippen LogP) is 1.72. The molecule has 1 aromatic rings. The van der Waals surface area contributed by atoms with E-state index in [4.69, 9.17) is 14.2 Å². The molecule has 0 spiro atoms. The Hall–Kier alpha value is -1.99. The number of nitrogens with zero attached hydrogens (tertiary/aromatic N) is 2. The minimum absolute atomic E-state index is 0.0516. The van der Waals surface area contributed by atoms with Crippen LogP contribution in [0.4, 0.5) is 0 Å². The number of fused-ring (bicyclic) bond motifs is 1. The van der Waals surface area contributed by atoms with Crippen molar-refractivity contribution in [1.82, 2.24) is 15.5 Å². The summed E-state index contributed by atoms with van der Waals surface area (Å²) < 4.78 is 16.5. The SMILES string of the molecule is CN=C(NCC1(c2ccc3c(c2)OCO3)CC1)NCC(C)(C)N1CCOCC1. The van der Waals surface area contributed by atoms with Crippen molar-refractivity contribution in [2.24, 2.45) is 4.99 Å². The van der Waals surface area contributed by atoms with Gasteiger partial charge in [0.05, 0.1) is 13.2 Å². The molecule has 28 heavy (non-hydrogen) atoms. The fourth-order valence-electron chi connectivity index (χ4n) is 4.00. The van der Waals surface area contributed by atoms with Crippen LogP contribution in [-0.2, 0) is 10.2 Å². The smallest absolute Gasteiger partial charge is 0.231 e. The van der Waals surface area contributed by atoms with Crippen molar-refractivity contribution in [2.75, 3.05) is 53.2 Å². The second-order valence-electron chi connectivity index (χ2n) is 8.54. The average Bonchev–Trinajstić information content (AvgIpc) is 3.36. The number of morpholine rings is 1. The van der Waals surface area contributed by atoms with Crippen molar-refractivity contribution < 1.29 is 14.2 Å². The topological polar surface area (TPSA) is 67.4 Å². The van der Waals surface area contributed by atoms with Crippen LogP contribution in [0.15, 0.2) is 23.2 Å². The molecule has 2 fully saturated rings. The van der Waals surface area contributed by atoms with Crippen molar-refractivity contribution in [3.63, 3.8) is 0 Å². The van der Waals surface area contributed by atoms with E-state index >= 15 is 0 Å². The van der Waals surface area contributed by atoms with Crippen molar-refractivity contribution in [3.8, 4) is 11.5 Å². The number of ether oxygens (including phenoxy) is 3. The first-order valence-electron chi connectivity index (χ1n) is 10.2. The Morgan fingerprint density at radius 3 is 2.61 bits per heavy atom. The van der Waals surface area contributed by atoms with Crippen molar-refractivity contribution in [3.05, 3.63) is 23.8 Å². The Morgan fingerprint density at radius 1 is 1.14 bits per heavy atom. The van der Waals surface area contributed by atoms with Gasteiger partial charge in [0.15, 0.2) is 17.5 Å². The normalized spacial score (nSPS) is 21.5. The summed E-state index contributed by atoms with van der Waals surface area (Å²) in [7, 11) is 1.83. The lowest BCUT2D eigenvalue weighted by Crippen LogP contribution is -2.56. The van der Waals surface area contributed by atoms with Gasteiger partial charge in [-0.25, -0.2) is 0 Å². The summed E-state index contributed by atoms with van der Waals surface area (Å²) >= 11 is 0. The molecular weight excluding hydrogens is 356 g/mol. The van der Waals surface area contributed by atoms with Gasteiger partial charge in [-0.05, 0) is 44.4 Å². The number of aliphatic imine (C=N–C) groups is 1. The molecule has 1 saturated heterocycles. The third-order valence-corrected chi connectivity index (χ3v) is 6.21. The first kappa shape index (κ1) is 19.3. The highest BCUT2D eigenvalue weighted by molar-refractivity contribution is 5.80. The second kappa shape index (κ2) is 7.79. The van der Waals surface area contributed by atoms with Crippen LogP contribution < -0.4 is 20.1 Å². The zero-order valence-corrected chi connectivity index (χ0v) is 17.2. The van der Waals surface area contributed by atoms with Gasteiger partial charge in [-0.15, -0.1) is 0 Å². The van der Waals surface area contributed by atoms with Gasteiger partial charge in [0.2, 0.25) is 6.79 Å². The van der Waals surface area contributed by atoms with Gasteiger partial charge in [-0.3, -0.25) is 9.89 Å². The molecule has 0 amide bonds. The van der Waals surface area contributed by atoms with Gasteiger partial charge in [0.25, 0.3) is 0 Å². The van der Waals surface area contributed by atoms with Crippen LogP contribution in [0.1, 0.15) is 32.3 Å². The van der Waals surface area contributed by atoms with E-state index in [1.165, 1.54) is 18.4 Å². The highest BCUT2D eigenvalue weighted by atomic mass is 16.7. The molecule has 4 rings (SSSR count). The van der Waals surface area contributed by atoms with Crippen LogP contribution >= 0.6 is 0 Å². The third-order valence-electron chi connectivity index (χ3n) is 6.21. The highest BCUT2D eigenvalue weighted by Gasteiger charge is 2.45. The van der Waals surface area contributed by atoms with Crippen LogP contribution in [0, 0.1) is 0 Å². The van der Waals surface area contributed by atoms with Gasteiger partial charge >= 0.3 is 0 Å². The van der Waals surface area contributed by atoms with E-state index in [2.05, 4.69) is 46.5 Å². The Labute approximate surface area is 167 Å². The predicted molar refractivity (Wildman–Crippen MR) is 109 cm³/mol. The maximum Gasteiger partial charge on any atom is 0.231 e. The molecule has 1 saturated carbocycles. The van der Waals surface area contributed by atoms with Crippen LogP contribution in [-0.4, -0.2) is 69.6 Å². The minimum atomic E-state index is 0.0516. The van der Waals surface area contributed by atoms with Gasteiger partial charge in [0.1, 0.15) is 0 Å². The molecule has 1 aromatic carbocycles. The fraction of sp³-hybridized carbons (Fsp3) is 0.667. The lowest BCUT2D eigenvalue weighted by atomic mass is 9.95. The summed E-state index contributed by atoms with van der Waals surface area (Å²) in [6.07, 6.45) is 2.35. The number of hydrogen-bond acceptors (Lipinski definition) is 5. The number of rotatable bonds is 6. The molecular formula is C21H32N4O3. The summed E-state index contributed by atoms with van der Waals surface area (Å²) in [6.45, 7) is 10.2. The standard InChI is InChI=1S/C21H32N4O3/c1-20(2,25-8-10-26-11-9-25)13-23-19(22-3)24-14-21(6-7-21)16-4-5-17-18(12-16)28-15-27-17/h4-5,12H,6-11,13-15H2,1-3H3,(H2,22,23,24). The van der Waals surface area contributed by atoms with E-state index in [0.29, 0.717) is 6.79 Å². The summed E-state index contributed by atoms with van der Waals surface area (Å²) in [4.78, 5) is 6.90. The van der Waals surface area contributed by atoms with Gasteiger partial charge in [-0.1, -0.05) is 6.07 Å². The summed E-state index contributed by atoms with van der Waals surface area (Å²) in [5.74, 6) is 2.56. The molecule has 0 aromatic heterocycles. The molecule has 2 N–H and O–H groups in total. The van der Waals surface area contributed by atoms with Crippen molar-refractivity contribution in [1.29, 1.82) is 0 Å². The van der Waals surface area contributed by atoms with Gasteiger partial charge < -0.3 is 24.8 Å². The summed E-state index contributed by atoms with van der Waals surface area (Å²) in [5.41, 5.74) is 1.53. The molecule has 2 aliphatic heterocycles. The maximum absolute atomic E-state index is 5.55. The Bertz CT molecular complexity index is 724. The second-order valence-corrected chi connectivity index (χ2v) is 8.54. The number of guanidine groups is 1. The molecule has 7 heteroatoms. The largest absolute Gasteiger partial charge is 0.454 e. The number of hydrogen-bond donors (Lipinski definition) is 2. The first-order chi connectivity index (χ1) is 13.5. The van der Waals surface area contributed by atoms with Crippen molar-refractivity contribution >= 4 is 5.96 Å². The Morgan fingerprint density at radius 2 is 1.89 bits per heavy atom. The highest BCUT2D eigenvalue weighted by Crippen LogP contribution is 2.49. The molecule has 154 valence electrons. The van der Waals surface area contributed by atoms with Gasteiger partial charge in [-0.2, -0.15) is 0 Å². The Kier molecular flexibility index (Phi) is 5.38. The quantitative estimate of drug-likeness (QED) is 0.571. The van der Waals surface area contributed by atoms with E-state index in [9.17, 15) is 0 Å². The average molecular weight is 389 g/mol. The van der Waals surface area contributed by atoms with E-state index in [0.717, 1.165) is 56.9 Å². The maximum atomic E-state index is 5.55. The first-order valence-corrected chi connectivity index (χ1v) is 10.2. The van der Waals surface area contributed by atoms with Gasteiger partial charge in [0, 0.05) is 44.2 Å². The summed E-state index contributed by atoms with van der Waals surface area (Å²) in [6, 6.07) is 6.32. The molecule has 0 bridgehead atoms. The fourth-order valence-corrected chi connectivity index (χ4v) is 4.00. The summed E-state index contributed by atoms with van der Waals surface area (Å²) in [5, 5.41) is 7.05.